The van der Waals surface area contributed by atoms with Crippen LogP contribution in [0.2, 0.25) is 0 Å². The van der Waals surface area contributed by atoms with Crippen molar-refractivity contribution < 1.29 is 59.9 Å². The van der Waals surface area contributed by atoms with Crippen molar-refractivity contribution in [3.63, 3.8) is 0 Å². The van der Waals surface area contributed by atoms with Crippen LogP contribution in [0, 0.1) is 0 Å². The molecule has 5 rings (SSSR count). The molecule has 0 saturated carbocycles. The second-order valence-electron chi connectivity index (χ2n) is 9.66. The van der Waals surface area contributed by atoms with Crippen LogP contribution >= 0.6 is 0 Å². The number of aliphatic hydroxyl groups excluding tert-OH is 4. The van der Waals surface area contributed by atoms with Gasteiger partial charge in [-0.25, -0.2) is 0 Å². The lowest BCUT2D eigenvalue weighted by Crippen LogP contribution is -2.60. The van der Waals surface area contributed by atoms with E-state index < -0.39 is 61.3 Å². The minimum Gasteiger partial charge on any atom is -0.507 e. The number of phenols is 4. The summed E-state index contributed by atoms with van der Waals surface area (Å²) < 4.78 is 17.7. The first kappa shape index (κ1) is 26.3. The highest BCUT2D eigenvalue weighted by Gasteiger charge is 2.47. The number of rotatable bonds is 5. The standard InChI is InChI=1S/C25H29NO12/c27-8-17-20(33)21(34)22(35)25(37-17)36-16-6-10-13(29)7-15(31)19(11-2-4-18(32)26-11)24(10)38-23(16)9-1-3-12(28)14(30)5-9/h1,3,5,7,11,16-17,20-23,25,27-31,33-35H,2,4,6,8H2,(H,26,32). The fourth-order valence-electron chi connectivity index (χ4n) is 5.17. The van der Waals surface area contributed by atoms with Crippen LogP contribution in [-0.4, -0.2) is 90.2 Å². The Morgan fingerprint density at radius 2 is 1.71 bits per heavy atom. The molecule has 2 saturated heterocycles. The molecule has 13 heteroatoms. The summed E-state index contributed by atoms with van der Waals surface area (Å²) in [6.07, 6.45) is -9.33. The van der Waals surface area contributed by atoms with Crippen LogP contribution < -0.4 is 10.1 Å². The molecule has 0 aromatic heterocycles. The number of nitrogens with one attached hydrogen (secondary N) is 1. The molecule has 0 radical (unpaired) electrons. The van der Waals surface area contributed by atoms with Crippen molar-refractivity contribution in [2.75, 3.05) is 6.61 Å². The SMILES string of the molecule is O=C1CCC(c2c(O)cc(O)c3c2OC(c2ccc(O)c(O)c2)C(OC2OC(CO)C(O)C(O)C2O)C3)N1. The Kier molecular flexibility index (Phi) is 6.98. The predicted octanol–water partition coefficient (Wildman–Crippen LogP) is -0.679. The van der Waals surface area contributed by atoms with Crippen molar-refractivity contribution in [2.24, 2.45) is 0 Å². The molecule has 13 nitrogen and oxygen atoms in total. The maximum atomic E-state index is 11.9. The number of fused-ring (bicyclic) bond motifs is 1. The summed E-state index contributed by atoms with van der Waals surface area (Å²) in [5, 5.41) is 84.4. The zero-order valence-corrected chi connectivity index (χ0v) is 20.0. The number of benzene rings is 2. The molecule has 0 spiro atoms. The minimum absolute atomic E-state index is 0.0730. The van der Waals surface area contributed by atoms with Gasteiger partial charge in [-0.2, -0.15) is 0 Å². The Morgan fingerprint density at radius 1 is 0.947 bits per heavy atom. The minimum atomic E-state index is -1.71. The summed E-state index contributed by atoms with van der Waals surface area (Å²) >= 11 is 0. The quantitative estimate of drug-likeness (QED) is 0.218. The lowest BCUT2D eigenvalue weighted by atomic mass is 9.89. The molecule has 0 aliphatic carbocycles. The van der Waals surface area contributed by atoms with Crippen molar-refractivity contribution in [3.8, 4) is 28.7 Å². The molecule has 0 bridgehead atoms. The Hall–Kier alpha value is -3.33. The van der Waals surface area contributed by atoms with Gasteiger partial charge in [-0.3, -0.25) is 4.79 Å². The zero-order valence-electron chi connectivity index (χ0n) is 20.0. The molecular weight excluding hydrogens is 506 g/mol. The Labute approximate surface area is 216 Å². The molecule has 3 aliphatic heterocycles. The summed E-state index contributed by atoms with van der Waals surface area (Å²) in [6, 6.07) is 4.45. The first-order valence-electron chi connectivity index (χ1n) is 12.1. The summed E-state index contributed by atoms with van der Waals surface area (Å²) in [5.41, 5.74) is 0.792. The Bertz CT molecular complexity index is 1220. The van der Waals surface area contributed by atoms with E-state index in [9.17, 15) is 45.6 Å². The first-order valence-corrected chi connectivity index (χ1v) is 12.1. The number of amides is 1. The van der Waals surface area contributed by atoms with Gasteiger partial charge in [-0.1, -0.05) is 6.07 Å². The highest BCUT2D eigenvalue weighted by molar-refractivity contribution is 5.79. The van der Waals surface area contributed by atoms with E-state index in [2.05, 4.69) is 5.32 Å². The van der Waals surface area contributed by atoms with Gasteiger partial charge in [0.25, 0.3) is 0 Å². The lowest BCUT2D eigenvalue weighted by Gasteiger charge is -2.43. The van der Waals surface area contributed by atoms with Crippen molar-refractivity contribution in [2.45, 2.75) is 68.2 Å². The van der Waals surface area contributed by atoms with Crippen LogP contribution in [-0.2, 0) is 20.7 Å². The number of phenolic OH excluding ortho intramolecular Hbond substituents is 4. The van der Waals surface area contributed by atoms with Gasteiger partial charge < -0.3 is 60.4 Å². The number of carbonyl (C=O) groups is 1. The highest BCUT2D eigenvalue weighted by atomic mass is 16.7. The lowest BCUT2D eigenvalue weighted by molar-refractivity contribution is -0.317. The maximum Gasteiger partial charge on any atom is 0.220 e. The molecule has 2 aromatic carbocycles. The maximum absolute atomic E-state index is 11.9. The summed E-state index contributed by atoms with van der Waals surface area (Å²) in [4.78, 5) is 11.9. The van der Waals surface area contributed by atoms with Crippen LogP contribution in [0.25, 0.3) is 0 Å². The third kappa shape index (κ3) is 4.57. The molecule has 1 amide bonds. The molecule has 8 unspecified atom stereocenters. The Balaban J connectivity index is 1.55. The number of hydrogen-bond donors (Lipinski definition) is 9. The fraction of sp³-hybridized carbons (Fsp3) is 0.480. The smallest absolute Gasteiger partial charge is 0.220 e. The second-order valence-corrected chi connectivity index (χ2v) is 9.66. The van der Waals surface area contributed by atoms with Gasteiger partial charge in [0.1, 0.15) is 47.8 Å². The van der Waals surface area contributed by atoms with Gasteiger partial charge >= 0.3 is 0 Å². The summed E-state index contributed by atoms with van der Waals surface area (Å²) in [6.45, 7) is -0.666. The molecule has 3 aliphatic rings. The molecule has 38 heavy (non-hydrogen) atoms. The van der Waals surface area contributed by atoms with Crippen molar-refractivity contribution in [1.82, 2.24) is 5.32 Å². The molecule has 8 atom stereocenters. The van der Waals surface area contributed by atoms with Crippen molar-refractivity contribution in [3.05, 3.63) is 41.0 Å². The number of aromatic hydroxyl groups is 4. The van der Waals surface area contributed by atoms with Crippen LogP contribution in [0.4, 0.5) is 0 Å². The van der Waals surface area contributed by atoms with Crippen molar-refractivity contribution >= 4 is 5.91 Å². The summed E-state index contributed by atoms with van der Waals surface area (Å²) in [7, 11) is 0. The molecule has 2 aromatic rings. The van der Waals surface area contributed by atoms with Crippen LogP contribution in [0.15, 0.2) is 24.3 Å². The fourth-order valence-corrected chi connectivity index (χ4v) is 5.17. The average Bonchev–Trinajstić information content (AvgIpc) is 3.31. The van der Waals surface area contributed by atoms with Gasteiger partial charge in [0.15, 0.2) is 23.9 Å². The monoisotopic (exact) mass is 535 g/mol. The van der Waals surface area contributed by atoms with Crippen LogP contribution in [0.1, 0.15) is 41.7 Å². The van der Waals surface area contributed by atoms with Crippen molar-refractivity contribution in [1.29, 1.82) is 0 Å². The molecular formula is C25H29NO12. The molecule has 9 N–H and O–H groups in total. The van der Waals surface area contributed by atoms with Gasteiger partial charge in [0.05, 0.1) is 18.2 Å². The third-order valence-electron chi connectivity index (χ3n) is 7.19. The van der Waals surface area contributed by atoms with E-state index in [1.165, 1.54) is 18.2 Å². The third-order valence-corrected chi connectivity index (χ3v) is 7.19. The number of hydrogen-bond acceptors (Lipinski definition) is 12. The molecule has 206 valence electrons. The van der Waals surface area contributed by atoms with Gasteiger partial charge in [0.2, 0.25) is 5.91 Å². The van der Waals surface area contributed by atoms with E-state index >= 15 is 0 Å². The van der Waals surface area contributed by atoms with Gasteiger partial charge in [-0.05, 0) is 24.1 Å². The zero-order chi connectivity index (χ0) is 27.3. The Morgan fingerprint density at radius 3 is 2.37 bits per heavy atom. The van der Waals surface area contributed by atoms with E-state index in [4.69, 9.17) is 14.2 Å². The van der Waals surface area contributed by atoms with E-state index in [1.807, 2.05) is 0 Å². The predicted molar refractivity (Wildman–Crippen MR) is 125 cm³/mol. The normalized spacial score (nSPS) is 32.9. The van der Waals surface area contributed by atoms with E-state index in [1.54, 1.807) is 0 Å². The number of ether oxygens (including phenoxy) is 3. The highest BCUT2D eigenvalue weighted by Crippen LogP contribution is 2.50. The first-order chi connectivity index (χ1) is 18.1. The second kappa shape index (κ2) is 10.1. The van der Waals surface area contributed by atoms with Gasteiger partial charge in [-0.15, -0.1) is 0 Å². The molecule has 3 heterocycles. The largest absolute Gasteiger partial charge is 0.507 e. The van der Waals surface area contributed by atoms with E-state index in [0.29, 0.717) is 12.0 Å². The van der Waals surface area contributed by atoms with Gasteiger partial charge in [0, 0.05) is 24.5 Å². The van der Waals surface area contributed by atoms with Crippen LogP contribution in [0.3, 0.4) is 0 Å². The topological polar surface area (TPSA) is 219 Å². The van der Waals surface area contributed by atoms with E-state index in [0.717, 1.165) is 6.07 Å². The summed E-state index contributed by atoms with van der Waals surface area (Å²) in [5.74, 6) is -1.57. The van der Waals surface area contributed by atoms with E-state index in [-0.39, 0.29) is 52.9 Å². The number of aliphatic hydroxyl groups is 4. The average molecular weight is 536 g/mol. The molecule has 2 fully saturated rings. The van der Waals surface area contributed by atoms with Crippen LogP contribution in [0.5, 0.6) is 28.7 Å². The number of carbonyl (C=O) groups excluding carboxylic acids is 1.